The summed E-state index contributed by atoms with van der Waals surface area (Å²) in [6.45, 7) is 0. The maximum absolute atomic E-state index is 9.81. The van der Waals surface area contributed by atoms with Crippen molar-refractivity contribution in [2.75, 3.05) is 7.11 Å². The van der Waals surface area contributed by atoms with Crippen LogP contribution in [-0.4, -0.2) is 27.5 Å². The Bertz CT molecular complexity index is 783. The molecule has 0 fully saturated rings. The van der Waals surface area contributed by atoms with Crippen molar-refractivity contribution in [2.24, 2.45) is 0 Å². The summed E-state index contributed by atoms with van der Waals surface area (Å²) in [7, 11) is 1.55. The van der Waals surface area contributed by atoms with Gasteiger partial charge in [-0.2, -0.15) is 0 Å². The van der Waals surface area contributed by atoms with Gasteiger partial charge in [-0.1, -0.05) is 12.1 Å². The number of aromatic hydroxyl groups is 2. The lowest BCUT2D eigenvalue weighted by molar-refractivity contribution is 0.414. The van der Waals surface area contributed by atoms with Gasteiger partial charge >= 0.3 is 0 Å². The highest BCUT2D eigenvalue weighted by molar-refractivity contribution is 5.67. The minimum absolute atomic E-state index is 0.000147. The van der Waals surface area contributed by atoms with Crippen LogP contribution in [0.1, 0.15) is 0 Å². The van der Waals surface area contributed by atoms with Crippen molar-refractivity contribution < 1.29 is 19.4 Å². The van der Waals surface area contributed by atoms with Gasteiger partial charge in [-0.25, -0.2) is 0 Å². The van der Waals surface area contributed by atoms with Crippen LogP contribution in [-0.2, 0) is 0 Å². The van der Waals surface area contributed by atoms with Gasteiger partial charge in [0.25, 0.3) is 11.8 Å². The van der Waals surface area contributed by atoms with Crippen LogP contribution in [0.15, 0.2) is 46.9 Å². The van der Waals surface area contributed by atoms with Gasteiger partial charge in [-0.15, -0.1) is 10.2 Å². The van der Waals surface area contributed by atoms with E-state index >= 15 is 0 Å². The van der Waals surface area contributed by atoms with Crippen molar-refractivity contribution in [3.8, 4) is 40.2 Å². The fourth-order valence-corrected chi connectivity index (χ4v) is 1.96. The first-order valence-corrected chi connectivity index (χ1v) is 6.18. The number of benzene rings is 2. The zero-order chi connectivity index (χ0) is 14.8. The highest BCUT2D eigenvalue weighted by Crippen LogP contribution is 2.34. The molecule has 0 aliphatic rings. The Morgan fingerprint density at radius 1 is 0.952 bits per heavy atom. The number of ether oxygens (including phenoxy) is 1. The molecule has 1 aromatic heterocycles. The first kappa shape index (κ1) is 13.0. The van der Waals surface area contributed by atoms with Crippen LogP contribution < -0.4 is 4.74 Å². The Balaban J connectivity index is 2.06. The molecular weight excluding hydrogens is 272 g/mol. The van der Waals surface area contributed by atoms with E-state index in [-0.39, 0.29) is 28.8 Å². The van der Waals surface area contributed by atoms with Crippen molar-refractivity contribution in [1.82, 2.24) is 10.2 Å². The van der Waals surface area contributed by atoms with Crippen LogP contribution in [0.2, 0.25) is 0 Å². The van der Waals surface area contributed by atoms with Gasteiger partial charge in [-0.3, -0.25) is 0 Å². The molecule has 6 nitrogen and oxygen atoms in total. The van der Waals surface area contributed by atoms with E-state index in [1.807, 2.05) is 12.1 Å². The third-order valence-electron chi connectivity index (χ3n) is 2.97. The lowest BCUT2D eigenvalue weighted by Gasteiger charge is -2.03. The molecule has 1 heterocycles. The van der Waals surface area contributed by atoms with E-state index < -0.39 is 0 Å². The summed E-state index contributed by atoms with van der Waals surface area (Å²) < 4.78 is 10.8. The van der Waals surface area contributed by atoms with E-state index in [4.69, 9.17) is 9.15 Å². The molecule has 0 bridgehead atoms. The number of phenolic OH excluding ortho intramolecular Hbond substituents is 2. The molecule has 0 spiro atoms. The van der Waals surface area contributed by atoms with Crippen molar-refractivity contribution >= 4 is 0 Å². The number of hydrogen-bond acceptors (Lipinski definition) is 6. The van der Waals surface area contributed by atoms with Gasteiger partial charge in [0.2, 0.25) is 0 Å². The molecule has 0 saturated heterocycles. The van der Waals surface area contributed by atoms with Crippen LogP contribution in [0, 0.1) is 0 Å². The summed E-state index contributed by atoms with van der Waals surface area (Å²) in [4.78, 5) is 0. The van der Waals surface area contributed by atoms with Crippen molar-refractivity contribution in [1.29, 1.82) is 0 Å². The number of phenols is 2. The highest BCUT2D eigenvalue weighted by atomic mass is 16.5. The lowest BCUT2D eigenvalue weighted by Crippen LogP contribution is -1.87. The Labute approximate surface area is 120 Å². The molecular formula is C15H12N2O4. The van der Waals surface area contributed by atoms with Gasteiger partial charge in [0.1, 0.15) is 17.2 Å². The minimum Gasteiger partial charge on any atom is -0.508 e. The molecule has 0 saturated carbocycles. The molecule has 0 aliphatic heterocycles. The van der Waals surface area contributed by atoms with Gasteiger partial charge in [0, 0.05) is 0 Å². The Morgan fingerprint density at radius 3 is 2.43 bits per heavy atom. The smallest absolute Gasteiger partial charge is 0.252 e. The fraction of sp³-hybridized carbons (Fsp3) is 0.0667. The SMILES string of the molecule is COc1ccccc1-c1nnc(-c2cc(O)ccc2O)o1. The second-order valence-electron chi connectivity index (χ2n) is 4.31. The molecule has 0 atom stereocenters. The maximum Gasteiger partial charge on any atom is 0.252 e. The molecule has 0 amide bonds. The zero-order valence-electron chi connectivity index (χ0n) is 11.1. The molecule has 0 radical (unpaired) electrons. The van der Waals surface area contributed by atoms with E-state index in [2.05, 4.69) is 10.2 Å². The van der Waals surface area contributed by atoms with E-state index in [1.165, 1.54) is 18.2 Å². The predicted octanol–water partition coefficient (Wildman–Crippen LogP) is 2.82. The number of aromatic nitrogens is 2. The molecule has 2 N–H and O–H groups in total. The topological polar surface area (TPSA) is 88.6 Å². The molecule has 2 aromatic carbocycles. The number of nitrogens with zero attached hydrogens (tertiary/aromatic N) is 2. The second-order valence-corrected chi connectivity index (χ2v) is 4.31. The summed E-state index contributed by atoms with van der Waals surface area (Å²) in [5, 5.41) is 27.1. The molecule has 3 aromatic rings. The van der Waals surface area contributed by atoms with Gasteiger partial charge in [-0.05, 0) is 30.3 Å². The summed E-state index contributed by atoms with van der Waals surface area (Å²) in [6.07, 6.45) is 0. The molecule has 106 valence electrons. The van der Waals surface area contributed by atoms with E-state index in [0.29, 0.717) is 11.3 Å². The first-order valence-electron chi connectivity index (χ1n) is 6.18. The minimum atomic E-state index is -0.0528. The van der Waals surface area contributed by atoms with Crippen LogP contribution in [0.4, 0.5) is 0 Å². The Kier molecular flexibility index (Phi) is 3.19. The molecule has 6 heteroatoms. The first-order chi connectivity index (χ1) is 10.2. The third kappa shape index (κ3) is 2.38. The van der Waals surface area contributed by atoms with E-state index in [9.17, 15) is 10.2 Å². The second kappa shape index (κ2) is 5.16. The average molecular weight is 284 g/mol. The normalized spacial score (nSPS) is 10.5. The van der Waals surface area contributed by atoms with E-state index in [1.54, 1.807) is 19.2 Å². The maximum atomic E-state index is 9.81. The standard InChI is InChI=1S/C15H12N2O4/c1-20-13-5-3-2-4-10(13)14-16-17-15(21-14)11-8-9(18)6-7-12(11)19/h2-8,18-19H,1H3. The van der Waals surface area contributed by atoms with Crippen molar-refractivity contribution in [2.45, 2.75) is 0 Å². The number of para-hydroxylation sites is 1. The summed E-state index contributed by atoms with van der Waals surface area (Å²) in [5.74, 6) is 0.935. The monoisotopic (exact) mass is 284 g/mol. The molecule has 0 aliphatic carbocycles. The summed E-state index contributed by atoms with van der Waals surface area (Å²) in [5.41, 5.74) is 0.919. The molecule has 21 heavy (non-hydrogen) atoms. The molecule has 3 rings (SSSR count). The van der Waals surface area contributed by atoms with Crippen LogP contribution in [0.3, 0.4) is 0 Å². The summed E-state index contributed by atoms with van der Waals surface area (Å²) in [6, 6.07) is 11.3. The van der Waals surface area contributed by atoms with Crippen molar-refractivity contribution in [3.05, 3.63) is 42.5 Å². The third-order valence-corrected chi connectivity index (χ3v) is 2.97. The zero-order valence-corrected chi connectivity index (χ0v) is 11.1. The number of hydrogen-bond donors (Lipinski definition) is 2. The average Bonchev–Trinajstić information content (AvgIpc) is 2.99. The number of rotatable bonds is 3. The fourth-order valence-electron chi connectivity index (χ4n) is 1.96. The van der Waals surface area contributed by atoms with Gasteiger partial charge < -0.3 is 19.4 Å². The molecule has 0 unspecified atom stereocenters. The van der Waals surface area contributed by atoms with Crippen LogP contribution >= 0.6 is 0 Å². The lowest BCUT2D eigenvalue weighted by atomic mass is 10.2. The highest BCUT2D eigenvalue weighted by Gasteiger charge is 2.16. The Hall–Kier alpha value is -3.02. The Morgan fingerprint density at radius 2 is 1.67 bits per heavy atom. The van der Waals surface area contributed by atoms with Crippen LogP contribution in [0.5, 0.6) is 17.2 Å². The predicted molar refractivity (Wildman–Crippen MR) is 75.1 cm³/mol. The quantitative estimate of drug-likeness (QED) is 0.719. The number of methoxy groups -OCH3 is 1. The van der Waals surface area contributed by atoms with Gasteiger partial charge in [0.15, 0.2) is 0 Å². The van der Waals surface area contributed by atoms with Crippen molar-refractivity contribution in [3.63, 3.8) is 0 Å². The largest absolute Gasteiger partial charge is 0.508 e. The van der Waals surface area contributed by atoms with Gasteiger partial charge in [0.05, 0.1) is 18.2 Å². The summed E-state index contributed by atoms with van der Waals surface area (Å²) >= 11 is 0. The van der Waals surface area contributed by atoms with E-state index in [0.717, 1.165) is 0 Å². The van der Waals surface area contributed by atoms with Crippen LogP contribution in [0.25, 0.3) is 22.9 Å².